The van der Waals surface area contributed by atoms with Gasteiger partial charge in [0.25, 0.3) is 5.91 Å². The number of carbonyl (C=O) groups excluding carboxylic acids is 1. The van der Waals surface area contributed by atoms with Gasteiger partial charge in [-0.15, -0.1) is 11.3 Å². The summed E-state index contributed by atoms with van der Waals surface area (Å²) in [5.41, 5.74) is 2.69. The second kappa shape index (κ2) is 6.52. The van der Waals surface area contributed by atoms with Gasteiger partial charge in [0.05, 0.1) is 17.2 Å². The van der Waals surface area contributed by atoms with E-state index in [2.05, 4.69) is 15.6 Å². The molecule has 1 aromatic carbocycles. The van der Waals surface area contributed by atoms with Crippen molar-refractivity contribution in [3.63, 3.8) is 0 Å². The number of hydrogen-bond donors (Lipinski definition) is 2. The zero-order valence-corrected chi connectivity index (χ0v) is 12.8. The van der Waals surface area contributed by atoms with Crippen molar-refractivity contribution in [2.75, 3.05) is 11.9 Å². The van der Waals surface area contributed by atoms with Crippen LogP contribution in [0.1, 0.15) is 32.9 Å². The molecule has 1 heterocycles. The average molecular weight is 289 g/mol. The fourth-order valence-electron chi connectivity index (χ4n) is 1.95. The van der Waals surface area contributed by atoms with Gasteiger partial charge in [-0.1, -0.05) is 6.07 Å². The maximum Gasteiger partial charge on any atom is 0.251 e. The summed E-state index contributed by atoms with van der Waals surface area (Å²) in [6.07, 6.45) is 0. The van der Waals surface area contributed by atoms with Crippen molar-refractivity contribution < 1.29 is 4.79 Å². The summed E-state index contributed by atoms with van der Waals surface area (Å²) in [6, 6.07) is 7.54. The molecule has 106 valence electrons. The lowest BCUT2D eigenvalue weighted by Gasteiger charge is -2.08. The topological polar surface area (TPSA) is 54.0 Å². The quantitative estimate of drug-likeness (QED) is 0.889. The predicted octanol–water partition coefficient (Wildman–Crippen LogP) is 3.12. The van der Waals surface area contributed by atoms with Gasteiger partial charge in [0.1, 0.15) is 0 Å². The number of hydrogen-bond acceptors (Lipinski definition) is 4. The van der Waals surface area contributed by atoms with Crippen molar-refractivity contribution in [2.24, 2.45) is 0 Å². The number of benzene rings is 1. The van der Waals surface area contributed by atoms with Gasteiger partial charge in [0, 0.05) is 22.7 Å². The van der Waals surface area contributed by atoms with E-state index in [1.807, 2.05) is 45.0 Å². The van der Waals surface area contributed by atoms with Crippen molar-refractivity contribution in [3.8, 4) is 0 Å². The molecule has 2 rings (SSSR count). The van der Waals surface area contributed by atoms with Crippen LogP contribution in [0.5, 0.6) is 0 Å². The van der Waals surface area contributed by atoms with E-state index >= 15 is 0 Å². The molecule has 0 aliphatic heterocycles. The standard InChI is InChI=1S/C15H19N3OS/c1-4-16-15(19)12-6-5-7-13(8-12)17-9-14-10(2)18-11(3)20-14/h5-8,17H,4,9H2,1-3H3,(H,16,19). The fraction of sp³-hybridized carbons (Fsp3) is 0.333. The Labute approximate surface area is 123 Å². The lowest BCUT2D eigenvalue weighted by molar-refractivity contribution is 0.0956. The van der Waals surface area contributed by atoms with E-state index in [1.54, 1.807) is 11.3 Å². The van der Waals surface area contributed by atoms with Crippen molar-refractivity contribution in [1.82, 2.24) is 10.3 Å². The molecule has 0 unspecified atom stereocenters. The highest BCUT2D eigenvalue weighted by Crippen LogP contribution is 2.19. The molecule has 0 saturated heterocycles. The summed E-state index contributed by atoms with van der Waals surface area (Å²) in [4.78, 5) is 17.4. The second-order valence-corrected chi connectivity index (χ2v) is 5.82. The molecule has 2 N–H and O–H groups in total. The first-order valence-electron chi connectivity index (χ1n) is 6.65. The lowest BCUT2D eigenvalue weighted by atomic mass is 10.2. The maximum absolute atomic E-state index is 11.8. The summed E-state index contributed by atoms with van der Waals surface area (Å²) in [5.74, 6) is -0.0408. The summed E-state index contributed by atoms with van der Waals surface area (Å²) in [6.45, 7) is 7.31. The highest BCUT2D eigenvalue weighted by molar-refractivity contribution is 7.11. The zero-order chi connectivity index (χ0) is 14.5. The van der Waals surface area contributed by atoms with Gasteiger partial charge in [0.2, 0.25) is 0 Å². The minimum atomic E-state index is -0.0408. The predicted molar refractivity (Wildman–Crippen MR) is 83.4 cm³/mol. The van der Waals surface area contributed by atoms with Crippen LogP contribution in [0.25, 0.3) is 0 Å². The highest BCUT2D eigenvalue weighted by Gasteiger charge is 2.06. The van der Waals surface area contributed by atoms with Crippen LogP contribution in [-0.2, 0) is 6.54 Å². The molecule has 0 aliphatic rings. The summed E-state index contributed by atoms with van der Waals surface area (Å²) in [7, 11) is 0. The molecule has 0 saturated carbocycles. The van der Waals surface area contributed by atoms with E-state index in [4.69, 9.17) is 0 Å². The Morgan fingerprint density at radius 2 is 2.15 bits per heavy atom. The van der Waals surface area contributed by atoms with E-state index in [9.17, 15) is 4.79 Å². The number of aryl methyl sites for hydroxylation is 2. The van der Waals surface area contributed by atoms with Gasteiger partial charge in [-0.3, -0.25) is 4.79 Å². The van der Waals surface area contributed by atoms with E-state index < -0.39 is 0 Å². The van der Waals surface area contributed by atoms with Crippen LogP contribution < -0.4 is 10.6 Å². The minimum absolute atomic E-state index is 0.0408. The van der Waals surface area contributed by atoms with Gasteiger partial charge in [-0.25, -0.2) is 4.98 Å². The molecule has 0 atom stereocenters. The molecule has 20 heavy (non-hydrogen) atoms. The third-order valence-corrected chi connectivity index (χ3v) is 3.99. The van der Waals surface area contributed by atoms with Crippen LogP contribution in [0, 0.1) is 13.8 Å². The zero-order valence-electron chi connectivity index (χ0n) is 12.0. The van der Waals surface area contributed by atoms with Crippen molar-refractivity contribution in [2.45, 2.75) is 27.3 Å². The summed E-state index contributed by atoms with van der Waals surface area (Å²) in [5, 5.41) is 7.22. The normalized spacial score (nSPS) is 10.3. The number of amides is 1. The van der Waals surface area contributed by atoms with Crippen LogP contribution in [-0.4, -0.2) is 17.4 Å². The third-order valence-electron chi connectivity index (χ3n) is 2.91. The molecule has 0 spiro atoms. The molecule has 2 aromatic rings. The maximum atomic E-state index is 11.8. The largest absolute Gasteiger partial charge is 0.380 e. The van der Waals surface area contributed by atoms with Gasteiger partial charge >= 0.3 is 0 Å². The molecule has 5 heteroatoms. The first kappa shape index (κ1) is 14.5. The number of carbonyl (C=O) groups is 1. The number of nitrogens with one attached hydrogen (secondary N) is 2. The number of thiazole rings is 1. The number of rotatable bonds is 5. The molecular weight excluding hydrogens is 270 g/mol. The van der Waals surface area contributed by atoms with Crippen LogP contribution in [0.2, 0.25) is 0 Å². The Balaban J connectivity index is 2.05. The number of aromatic nitrogens is 1. The second-order valence-electron chi connectivity index (χ2n) is 4.54. The van der Waals surface area contributed by atoms with Crippen molar-refractivity contribution in [3.05, 3.63) is 45.4 Å². The van der Waals surface area contributed by atoms with Gasteiger partial charge < -0.3 is 10.6 Å². The third kappa shape index (κ3) is 3.57. The molecule has 0 bridgehead atoms. The molecule has 1 amide bonds. The molecular formula is C15H19N3OS. The fourth-order valence-corrected chi connectivity index (χ4v) is 2.83. The Morgan fingerprint density at radius 1 is 1.35 bits per heavy atom. The van der Waals surface area contributed by atoms with Crippen LogP contribution in [0.15, 0.2) is 24.3 Å². The van der Waals surface area contributed by atoms with E-state index in [0.717, 1.165) is 22.9 Å². The van der Waals surface area contributed by atoms with Crippen LogP contribution in [0.4, 0.5) is 5.69 Å². The Morgan fingerprint density at radius 3 is 2.80 bits per heavy atom. The Bertz CT molecular complexity index is 607. The van der Waals surface area contributed by atoms with E-state index in [0.29, 0.717) is 12.1 Å². The van der Waals surface area contributed by atoms with Crippen molar-refractivity contribution >= 4 is 22.9 Å². The Kier molecular flexibility index (Phi) is 4.74. The van der Waals surface area contributed by atoms with Crippen LogP contribution in [0.3, 0.4) is 0 Å². The molecule has 4 nitrogen and oxygen atoms in total. The first-order chi connectivity index (χ1) is 9.60. The SMILES string of the molecule is CCNC(=O)c1cccc(NCc2sc(C)nc2C)c1. The molecule has 0 radical (unpaired) electrons. The average Bonchev–Trinajstić information content (AvgIpc) is 2.75. The van der Waals surface area contributed by atoms with Crippen LogP contribution >= 0.6 is 11.3 Å². The first-order valence-corrected chi connectivity index (χ1v) is 7.47. The lowest BCUT2D eigenvalue weighted by Crippen LogP contribution is -2.22. The summed E-state index contributed by atoms with van der Waals surface area (Å²) < 4.78 is 0. The Hall–Kier alpha value is -1.88. The highest BCUT2D eigenvalue weighted by atomic mass is 32.1. The van der Waals surface area contributed by atoms with Gasteiger partial charge in [-0.2, -0.15) is 0 Å². The van der Waals surface area contributed by atoms with Crippen molar-refractivity contribution in [1.29, 1.82) is 0 Å². The smallest absolute Gasteiger partial charge is 0.251 e. The molecule has 0 fully saturated rings. The van der Waals surface area contributed by atoms with E-state index in [-0.39, 0.29) is 5.91 Å². The number of nitrogens with zero attached hydrogens (tertiary/aromatic N) is 1. The molecule has 0 aliphatic carbocycles. The summed E-state index contributed by atoms with van der Waals surface area (Å²) >= 11 is 1.70. The van der Waals surface area contributed by atoms with Gasteiger partial charge in [-0.05, 0) is 39.0 Å². The minimum Gasteiger partial charge on any atom is -0.380 e. The van der Waals surface area contributed by atoms with Gasteiger partial charge in [0.15, 0.2) is 0 Å². The molecule has 1 aromatic heterocycles. The monoisotopic (exact) mass is 289 g/mol. The number of anilines is 1. The van der Waals surface area contributed by atoms with E-state index in [1.165, 1.54) is 4.88 Å².